The second kappa shape index (κ2) is 9.76. The van der Waals surface area contributed by atoms with Crippen LogP contribution in [0.5, 0.6) is 0 Å². The van der Waals surface area contributed by atoms with Crippen LogP contribution in [-0.2, 0) is 19.5 Å². The number of H-pyrrole nitrogens is 1. The molecule has 5 aromatic rings. The van der Waals surface area contributed by atoms with Gasteiger partial charge in [0.15, 0.2) is 11.6 Å². The summed E-state index contributed by atoms with van der Waals surface area (Å²) in [7, 11) is 0. The zero-order chi connectivity index (χ0) is 23.3. The summed E-state index contributed by atoms with van der Waals surface area (Å²) in [6, 6.07) is 24.8. The molecule has 0 bridgehead atoms. The summed E-state index contributed by atoms with van der Waals surface area (Å²) >= 11 is 0. The van der Waals surface area contributed by atoms with Crippen molar-refractivity contribution in [1.29, 1.82) is 0 Å². The van der Waals surface area contributed by atoms with Crippen LogP contribution in [0.2, 0.25) is 0 Å². The highest BCUT2D eigenvalue weighted by molar-refractivity contribution is 5.80. The number of aryl methyl sites for hydroxylation is 1. The van der Waals surface area contributed by atoms with Crippen LogP contribution in [0, 0.1) is 0 Å². The first-order valence-electron chi connectivity index (χ1n) is 11.4. The Labute approximate surface area is 197 Å². The van der Waals surface area contributed by atoms with Crippen molar-refractivity contribution in [2.24, 2.45) is 5.73 Å². The predicted molar refractivity (Wildman–Crippen MR) is 131 cm³/mol. The molecule has 0 atom stereocenters. The van der Waals surface area contributed by atoms with E-state index >= 15 is 0 Å². The minimum absolute atomic E-state index is 0.524. The maximum Gasteiger partial charge on any atom is 0.205 e. The fourth-order valence-corrected chi connectivity index (χ4v) is 4.00. The van der Waals surface area contributed by atoms with Gasteiger partial charge < -0.3 is 5.73 Å². The molecule has 34 heavy (non-hydrogen) atoms. The third-order valence-corrected chi connectivity index (χ3v) is 5.75. The molecule has 8 nitrogen and oxygen atoms in total. The van der Waals surface area contributed by atoms with Crippen LogP contribution >= 0.6 is 0 Å². The molecule has 0 radical (unpaired) electrons. The predicted octanol–water partition coefficient (Wildman–Crippen LogP) is 4.25. The summed E-state index contributed by atoms with van der Waals surface area (Å²) in [4.78, 5) is 4.82. The van der Waals surface area contributed by atoms with Gasteiger partial charge in [-0.25, -0.2) is 9.67 Å². The fraction of sp³-hybridized carbons (Fsp3) is 0.192. The Bertz CT molecular complexity index is 1350. The lowest BCUT2D eigenvalue weighted by Gasteiger charge is -2.10. The number of hydrogen-bond donors (Lipinski definition) is 2. The number of aromatic nitrogens is 7. The zero-order valence-electron chi connectivity index (χ0n) is 19.0. The van der Waals surface area contributed by atoms with Crippen molar-refractivity contribution < 1.29 is 0 Å². The van der Waals surface area contributed by atoms with Crippen molar-refractivity contribution in [3.05, 3.63) is 89.7 Å². The van der Waals surface area contributed by atoms with E-state index in [0.717, 1.165) is 57.9 Å². The molecular weight excluding hydrogens is 424 g/mol. The molecule has 3 N–H and O–H groups in total. The smallest absolute Gasteiger partial charge is 0.205 e. The maximum atomic E-state index is 5.76. The third kappa shape index (κ3) is 4.49. The minimum Gasteiger partial charge on any atom is -0.326 e. The Morgan fingerprint density at radius 1 is 0.853 bits per heavy atom. The van der Waals surface area contributed by atoms with Gasteiger partial charge >= 0.3 is 0 Å². The number of benzene rings is 3. The molecule has 0 fully saturated rings. The molecule has 170 valence electrons. The Hall–Kier alpha value is -4.17. The first kappa shape index (κ1) is 21.7. The second-order valence-corrected chi connectivity index (χ2v) is 8.14. The Morgan fingerprint density at radius 3 is 2.24 bits per heavy atom. The first-order valence-corrected chi connectivity index (χ1v) is 11.4. The molecule has 0 unspecified atom stereocenters. The summed E-state index contributed by atoms with van der Waals surface area (Å²) in [5.41, 5.74) is 12.1. The molecule has 8 heteroatoms. The van der Waals surface area contributed by atoms with E-state index in [2.05, 4.69) is 70.0 Å². The lowest BCUT2D eigenvalue weighted by molar-refractivity contribution is 0.674. The number of hydrogen-bond acceptors (Lipinski definition) is 6. The molecule has 2 heterocycles. The number of rotatable bonds is 8. The summed E-state index contributed by atoms with van der Waals surface area (Å²) in [6.45, 7) is 3.30. The van der Waals surface area contributed by atoms with Crippen molar-refractivity contribution in [2.45, 2.75) is 32.9 Å². The lowest BCUT2D eigenvalue weighted by atomic mass is 9.98. The summed E-state index contributed by atoms with van der Waals surface area (Å²) in [6.07, 6.45) is 1.86. The van der Waals surface area contributed by atoms with Gasteiger partial charge in [-0.15, -0.1) is 10.2 Å². The summed E-state index contributed by atoms with van der Waals surface area (Å²) in [5.74, 6) is 2.32. The molecule has 3 aromatic carbocycles. The van der Waals surface area contributed by atoms with Gasteiger partial charge in [0.05, 0.1) is 6.54 Å². The summed E-state index contributed by atoms with van der Waals surface area (Å²) < 4.78 is 1.99. The van der Waals surface area contributed by atoms with E-state index in [9.17, 15) is 0 Å². The highest BCUT2D eigenvalue weighted by Gasteiger charge is 2.14. The lowest BCUT2D eigenvalue weighted by Crippen LogP contribution is -2.05. The Morgan fingerprint density at radius 2 is 1.56 bits per heavy atom. The zero-order valence-corrected chi connectivity index (χ0v) is 19.0. The van der Waals surface area contributed by atoms with Crippen LogP contribution in [0.15, 0.2) is 72.8 Å². The molecule has 0 amide bonds. The van der Waals surface area contributed by atoms with Crippen LogP contribution in [0.25, 0.3) is 33.9 Å². The molecule has 0 saturated heterocycles. The Kier molecular flexibility index (Phi) is 6.22. The van der Waals surface area contributed by atoms with E-state index in [1.807, 2.05) is 35.0 Å². The highest BCUT2D eigenvalue weighted by Crippen LogP contribution is 2.30. The normalized spacial score (nSPS) is 11.1. The first-order chi connectivity index (χ1) is 16.7. The van der Waals surface area contributed by atoms with Gasteiger partial charge in [-0.05, 0) is 33.9 Å². The minimum atomic E-state index is 0.524. The standard InChI is InChI=1S/C26H26N8/c1-2-5-24-28-26(21-14-8-18(16-27)9-15-21)34(31-24)17-19-10-12-20(13-11-19)22-6-3-4-7-23(22)25-29-32-33-30-25/h3-4,6-15H,2,5,16-17,27H2,1H3,(H,29,30,32,33). The monoisotopic (exact) mass is 450 g/mol. The number of nitrogens with zero attached hydrogens (tertiary/aromatic N) is 6. The summed E-state index contributed by atoms with van der Waals surface area (Å²) in [5, 5.41) is 19.3. The van der Waals surface area contributed by atoms with Crippen molar-refractivity contribution >= 4 is 0 Å². The van der Waals surface area contributed by atoms with Crippen LogP contribution in [0.3, 0.4) is 0 Å². The molecule has 5 rings (SSSR count). The largest absolute Gasteiger partial charge is 0.326 e. The average Bonchev–Trinajstić information content (AvgIpc) is 3.56. The van der Waals surface area contributed by atoms with E-state index in [-0.39, 0.29) is 0 Å². The fourth-order valence-electron chi connectivity index (χ4n) is 4.00. The molecule has 0 aliphatic carbocycles. The van der Waals surface area contributed by atoms with Gasteiger partial charge in [-0.3, -0.25) is 0 Å². The van der Waals surface area contributed by atoms with Crippen molar-refractivity contribution in [2.75, 3.05) is 0 Å². The molecule has 0 aliphatic rings. The van der Waals surface area contributed by atoms with Crippen LogP contribution in [-0.4, -0.2) is 35.4 Å². The number of aromatic amines is 1. The average molecular weight is 451 g/mol. The van der Waals surface area contributed by atoms with Crippen LogP contribution in [0.1, 0.15) is 30.3 Å². The second-order valence-electron chi connectivity index (χ2n) is 8.14. The molecule has 0 aliphatic heterocycles. The SMILES string of the molecule is CCCc1nc(-c2ccc(CN)cc2)n(Cc2ccc(-c3ccccc3-c3nn[nH]n3)cc2)n1. The molecule has 2 aromatic heterocycles. The van der Waals surface area contributed by atoms with Gasteiger partial charge in [0.1, 0.15) is 0 Å². The van der Waals surface area contributed by atoms with Gasteiger partial charge in [0.2, 0.25) is 5.82 Å². The van der Waals surface area contributed by atoms with E-state index in [1.165, 1.54) is 0 Å². The maximum absolute atomic E-state index is 5.76. The number of nitrogens with two attached hydrogens (primary N) is 1. The van der Waals surface area contributed by atoms with E-state index in [4.69, 9.17) is 15.8 Å². The Balaban J connectivity index is 1.44. The van der Waals surface area contributed by atoms with E-state index < -0.39 is 0 Å². The third-order valence-electron chi connectivity index (χ3n) is 5.75. The van der Waals surface area contributed by atoms with E-state index in [0.29, 0.717) is 18.9 Å². The van der Waals surface area contributed by atoms with Crippen molar-refractivity contribution in [3.63, 3.8) is 0 Å². The quantitative estimate of drug-likeness (QED) is 0.366. The van der Waals surface area contributed by atoms with Crippen molar-refractivity contribution in [3.8, 4) is 33.9 Å². The van der Waals surface area contributed by atoms with Crippen molar-refractivity contribution in [1.82, 2.24) is 35.4 Å². The van der Waals surface area contributed by atoms with Gasteiger partial charge in [-0.2, -0.15) is 10.3 Å². The molecule has 0 spiro atoms. The topological polar surface area (TPSA) is 111 Å². The van der Waals surface area contributed by atoms with E-state index in [1.54, 1.807) is 0 Å². The van der Waals surface area contributed by atoms with Gasteiger partial charge in [0, 0.05) is 24.1 Å². The highest BCUT2D eigenvalue weighted by atomic mass is 15.5. The number of tetrazole rings is 1. The van der Waals surface area contributed by atoms with Gasteiger partial charge in [0.25, 0.3) is 0 Å². The van der Waals surface area contributed by atoms with Gasteiger partial charge in [-0.1, -0.05) is 79.7 Å². The number of nitrogens with one attached hydrogen (secondary N) is 1. The van der Waals surface area contributed by atoms with Crippen LogP contribution in [0.4, 0.5) is 0 Å². The van der Waals surface area contributed by atoms with Crippen LogP contribution < -0.4 is 5.73 Å². The molecule has 0 saturated carbocycles. The molecular formula is C26H26N8.